The molecule has 1 N–H and O–H groups in total. The van der Waals surface area contributed by atoms with Gasteiger partial charge in [0, 0.05) is 24.0 Å². The highest BCUT2D eigenvalue weighted by Crippen LogP contribution is 2.24. The third kappa shape index (κ3) is 3.96. The molecule has 3 rings (SSSR count). The second-order valence-electron chi connectivity index (χ2n) is 5.35. The number of aromatic nitrogens is 1. The molecule has 2 aromatic heterocycles. The van der Waals surface area contributed by atoms with E-state index in [2.05, 4.69) is 34.7 Å². The summed E-state index contributed by atoms with van der Waals surface area (Å²) in [5.74, 6) is 1.00. The Balaban J connectivity index is 1.73. The summed E-state index contributed by atoms with van der Waals surface area (Å²) in [5, 5.41) is 6.34. The van der Waals surface area contributed by atoms with Gasteiger partial charge in [0.05, 0.1) is 17.3 Å². The second-order valence-corrected chi connectivity index (χ2v) is 6.79. The summed E-state index contributed by atoms with van der Waals surface area (Å²) in [6.07, 6.45) is 2.55. The highest BCUT2D eigenvalue weighted by molar-refractivity contribution is 7.09. The quantitative estimate of drug-likeness (QED) is 0.833. The van der Waals surface area contributed by atoms with Crippen LogP contribution in [0.25, 0.3) is 0 Å². The lowest BCUT2D eigenvalue weighted by Gasteiger charge is -2.22. The molecular formula is C16H20ClN3S. The molecule has 1 aliphatic carbocycles. The van der Waals surface area contributed by atoms with Crippen LogP contribution >= 0.6 is 22.9 Å². The largest absolute Gasteiger partial charge is 0.352 e. The summed E-state index contributed by atoms with van der Waals surface area (Å²) in [4.78, 5) is 8.39. The molecule has 0 unspecified atom stereocenters. The average Bonchev–Trinajstić information content (AvgIpc) is 3.19. The molecule has 112 valence electrons. The van der Waals surface area contributed by atoms with Crippen LogP contribution in [0.4, 0.5) is 5.82 Å². The fourth-order valence-corrected chi connectivity index (χ4v) is 3.14. The maximum atomic E-state index is 6.27. The molecule has 0 amide bonds. The fraction of sp³-hybridized carbons (Fsp3) is 0.438. The SMILES string of the molecule is CCN(Cc1cccs1)c1ccc(Cl)c(CNC2CC2)n1. The lowest BCUT2D eigenvalue weighted by molar-refractivity contribution is 0.672. The fourth-order valence-electron chi connectivity index (χ4n) is 2.25. The molecule has 1 fully saturated rings. The number of thiophene rings is 1. The van der Waals surface area contributed by atoms with Gasteiger partial charge in [-0.3, -0.25) is 0 Å². The number of hydrogen-bond acceptors (Lipinski definition) is 4. The zero-order chi connectivity index (χ0) is 14.7. The molecule has 21 heavy (non-hydrogen) atoms. The van der Waals surface area contributed by atoms with Crippen LogP contribution < -0.4 is 10.2 Å². The predicted molar refractivity (Wildman–Crippen MR) is 90.2 cm³/mol. The molecule has 0 saturated heterocycles. The van der Waals surface area contributed by atoms with Crippen LogP contribution in [0.1, 0.15) is 30.3 Å². The molecule has 2 heterocycles. The van der Waals surface area contributed by atoms with Crippen molar-refractivity contribution >= 4 is 28.8 Å². The molecule has 0 radical (unpaired) electrons. The van der Waals surface area contributed by atoms with Crippen molar-refractivity contribution < 1.29 is 0 Å². The van der Waals surface area contributed by atoms with E-state index in [1.54, 1.807) is 11.3 Å². The van der Waals surface area contributed by atoms with E-state index in [0.717, 1.165) is 36.2 Å². The Hall–Kier alpha value is -1.10. The third-order valence-electron chi connectivity index (χ3n) is 3.67. The molecule has 2 aromatic rings. The monoisotopic (exact) mass is 321 g/mol. The first-order valence-electron chi connectivity index (χ1n) is 7.42. The highest BCUT2D eigenvalue weighted by Gasteiger charge is 2.21. The number of nitrogens with zero attached hydrogens (tertiary/aromatic N) is 2. The van der Waals surface area contributed by atoms with Crippen molar-refractivity contribution in [3.8, 4) is 0 Å². The van der Waals surface area contributed by atoms with Crippen LogP contribution in [0.15, 0.2) is 29.6 Å². The summed E-state index contributed by atoms with van der Waals surface area (Å²) in [7, 11) is 0. The zero-order valence-electron chi connectivity index (χ0n) is 12.2. The standard InChI is InChI=1S/C16H20ClN3S/c1-2-20(11-13-4-3-9-21-13)16-8-7-14(17)15(19-16)10-18-12-5-6-12/h3-4,7-9,12,18H,2,5-6,10-11H2,1H3. The van der Waals surface area contributed by atoms with E-state index in [1.165, 1.54) is 17.7 Å². The second kappa shape index (κ2) is 6.77. The van der Waals surface area contributed by atoms with Gasteiger partial charge in [-0.2, -0.15) is 0 Å². The Morgan fingerprint density at radius 2 is 2.24 bits per heavy atom. The summed E-state index contributed by atoms with van der Waals surface area (Å²) < 4.78 is 0. The average molecular weight is 322 g/mol. The first kappa shape index (κ1) is 14.8. The van der Waals surface area contributed by atoms with E-state index in [1.807, 2.05) is 12.1 Å². The normalized spacial score (nSPS) is 14.4. The Labute approximate surface area is 135 Å². The number of halogens is 1. The lowest BCUT2D eigenvalue weighted by atomic mass is 10.3. The molecule has 0 aliphatic heterocycles. The van der Waals surface area contributed by atoms with Crippen LogP contribution in [0.5, 0.6) is 0 Å². The summed E-state index contributed by atoms with van der Waals surface area (Å²) in [6, 6.07) is 8.90. The van der Waals surface area contributed by atoms with E-state index in [9.17, 15) is 0 Å². The number of rotatable bonds is 7. The van der Waals surface area contributed by atoms with Crippen LogP contribution in [0.3, 0.4) is 0 Å². The van der Waals surface area contributed by atoms with Crippen molar-refractivity contribution in [3.05, 3.63) is 45.2 Å². The smallest absolute Gasteiger partial charge is 0.129 e. The van der Waals surface area contributed by atoms with E-state index >= 15 is 0 Å². The van der Waals surface area contributed by atoms with Gasteiger partial charge in [-0.25, -0.2) is 4.98 Å². The predicted octanol–water partition coefficient (Wildman–Crippen LogP) is 4.08. The molecule has 5 heteroatoms. The Kier molecular flexibility index (Phi) is 4.78. The van der Waals surface area contributed by atoms with Gasteiger partial charge in [-0.05, 0) is 43.3 Å². The van der Waals surface area contributed by atoms with Crippen LogP contribution in [0.2, 0.25) is 5.02 Å². The third-order valence-corrected chi connectivity index (χ3v) is 4.88. The number of hydrogen-bond donors (Lipinski definition) is 1. The van der Waals surface area contributed by atoms with Crippen molar-refractivity contribution in [1.82, 2.24) is 10.3 Å². The van der Waals surface area contributed by atoms with Gasteiger partial charge in [0.25, 0.3) is 0 Å². The van der Waals surface area contributed by atoms with Crippen molar-refractivity contribution in [2.45, 2.75) is 38.9 Å². The minimum atomic E-state index is 0.667. The number of pyridine rings is 1. The Bertz CT molecular complexity index is 581. The van der Waals surface area contributed by atoms with E-state index in [-0.39, 0.29) is 0 Å². The minimum absolute atomic E-state index is 0.667. The maximum absolute atomic E-state index is 6.27. The Morgan fingerprint density at radius 1 is 1.38 bits per heavy atom. The molecule has 0 bridgehead atoms. The van der Waals surface area contributed by atoms with Gasteiger partial charge in [-0.1, -0.05) is 17.7 Å². The first-order chi connectivity index (χ1) is 10.3. The van der Waals surface area contributed by atoms with Gasteiger partial charge in [0.1, 0.15) is 5.82 Å². The molecule has 0 spiro atoms. The molecule has 0 atom stereocenters. The van der Waals surface area contributed by atoms with E-state index in [4.69, 9.17) is 16.6 Å². The van der Waals surface area contributed by atoms with Gasteiger partial charge in [-0.15, -0.1) is 11.3 Å². The molecule has 0 aromatic carbocycles. The molecule has 3 nitrogen and oxygen atoms in total. The van der Waals surface area contributed by atoms with Crippen molar-refractivity contribution in [1.29, 1.82) is 0 Å². The van der Waals surface area contributed by atoms with Gasteiger partial charge in [0.2, 0.25) is 0 Å². The van der Waals surface area contributed by atoms with Crippen LogP contribution in [-0.4, -0.2) is 17.6 Å². The minimum Gasteiger partial charge on any atom is -0.352 e. The van der Waals surface area contributed by atoms with Crippen molar-refractivity contribution in [2.75, 3.05) is 11.4 Å². The molecule has 1 aliphatic rings. The Morgan fingerprint density at radius 3 is 2.90 bits per heavy atom. The summed E-state index contributed by atoms with van der Waals surface area (Å²) in [6.45, 7) is 4.75. The zero-order valence-corrected chi connectivity index (χ0v) is 13.8. The number of nitrogens with one attached hydrogen (secondary N) is 1. The molecule has 1 saturated carbocycles. The van der Waals surface area contributed by atoms with Gasteiger partial charge >= 0.3 is 0 Å². The summed E-state index contributed by atoms with van der Waals surface area (Å²) >= 11 is 8.05. The first-order valence-corrected chi connectivity index (χ1v) is 8.68. The highest BCUT2D eigenvalue weighted by atomic mass is 35.5. The van der Waals surface area contributed by atoms with Crippen molar-refractivity contribution in [2.24, 2.45) is 0 Å². The van der Waals surface area contributed by atoms with Gasteiger partial charge in [0.15, 0.2) is 0 Å². The summed E-state index contributed by atoms with van der Waals surface area (Å²) in [5.41, 5.74) is 0.950. The van der Waals surface area contributed by atoms with E-state index < -0.39 is 0 Å². The van der Waals surface area contributed by atoms with Gasteiger partial charge < -0.3 is 10.2 Å². The lowest BCUT2D eigenvalue weighted by Crippen LogP contribution is -2.24. The van der Waals surface area contributed by atoms with Crippen LogP contribution in [-0.2, 0) is 13.1 Å². The topological polar surface area (TPSA) is 28.2 Å². The maximum Gasteiger partial charge on any atom is 0.129 e. The van der Waals surface area contributed by atoms with Crippen molar-refractivity contribution in [3.63, 3.8) is 0 Å². The molecular weight excluding hydrogens is 302 g/mol. The van der Waals surface area contributed by atoms with E-state index in [0.29, 0.717) is 6.04 Å². The van der Waals surface area contributed by atoms with Crippen LogP contribution in [0, 0.1) is 0 Å². The number of anilines is 1.